The molecule has 0 saturated carbocycles. The van der Waals surface area contributed by atoms with E-state index >= 15 is 0 Å². The van der Waals surface area contributed by atoms with Crippen molar-refractivity contribution >= 4 is 16.7 Å². The Kier molecular flexibility index (Phi) is 3.18. The molecule has 2 bridgehead atoms. The molecule has 112 valence electrons. The number of aryl methyl sites for hydroxylation is 2. The Balaban J connectivity index is 1.86. The molecule has 0 atom stereocenters. The maximum Gasteiger partial charge on any atom is 0.112 e. The fraction of sp³-hybridized carbons (Fsp3) is 0.556. The Morgan fingerprint density at radius 1 is 1.19 bits per heavy atom. The number of fused-ring (bicyclic) bond motifs is 3. The minimum absolute atomic E-state index is 0.785. The molecular weight excluding hydrogens is 258 g/mol. The number of nitrogens with two attached hydrogens (primary N) is 1. The number of hydrogen-bond donors (Lipinski definition) is 1. The molecule has 1 aromatic carbocycles. The minimum atomic E-state index is 0.785. The van der Waals surface area contributed by atoms with Crippen LogP contribution in [0.4, 0.5) is 5.82 Å². The Hall–Kier alpha value is -1.48. The van der Waals surface area contributed by atoms with Gasteiger partial charge in [-0.2, -0.15) is 0 Å². The molecule has 4 heterocycles. The molecule has 2 aromatic rings. The van der Waals surface area contributed by atoms with Gasteiger partial charge < -0.3 is 15.2 Å². The van der Waals surface area contributed by atoms with Crippen molar-refractivity contribution in [1.29, 1.82) is 0 Å². The van der Waals surface area contributed by atoms with E-state index in [0.717, 1.165) is 25.3 Å². The van der Waals surface area contributed by atoms with Crippen molar-refractivity contribution in [2.45, 2.75) is 38.0 Å². The van der Waals surface area contributed by atoms with Crippen molar-refractivity contribution < 1.29 is 0 Å². The quantitative estimate of drug-likeness (QED) is 0.875. The summed E-state index contributed by atoms with van der Waals surface area (Å²) in [6, 6.07) is 6.89. The molecule has 0 radical (unpaired) electrons. The second kappa shape index (κ2) is 5.06. The normalized spacial score (nSPS) is 17.7. The molecule has 1 fully saturated rings. The predicted octanol–water partition coefficient (Wildman–Crippen LogP) is 3.16. The summed E-state index contributed by atoms with van der Waals surface area (Å²) in [6.45, 7) is 3.28. The van der Waals surface area contributed by atoms with E-state index in [1.54, 1.807) is 5.56 Å². The molecule has 0 amide bonds. The van der Waals surface area contributed by atoms with E-state index in [1.807, 2.05) is 0 Å². The highest BCUT2D eigenvalue weighted by atomic mass is 15.3. The predicted molar refractivity (Wildman–Crippen MR) is 89.1 cm³/mol. The lowest BCUT2D eigenvalue weighted by atomic mass is 9.84. The summed E-state index contributed by atoms with van der Waals surface area (Å²) >= 11 is 0. The van der Waals surface area contributed by atoms with Crippen molar-refractivity contribution in [2.24, 2.45) is 12.8 Å². The first-order valence-electron chi connectivity index (χ1n) is 8.36. The Labute approximate surface area is 126 Å². The highest BCUT2D eigenvalue weighted by Crippen LogP contribution is 2.47. The lowest BCUT2D eigenvalue weighted by molar-refractivity contribution is 0.469. The van der Waals surface area contributed by atoms with Gasteiger partial charge in [-0.1, -0.05) is 18.2 Å². The number of benzene rings is 1. The summed E-state index contributed by atoms with van der Waals surface area (Å²) in [5, 5.41) is 1.51. The first kappa shape index (κ1) is 13.2. The molecule has 2 N–H and O–H groups in total. The Bertz CT molecular complexity index is 663. The maximum absolute atomic E-state index is 5.65. The van der Waals surface area contributed by atoms with Crippen LogP contribution in [0.3, 0.4) is 0 Å². The summed E-state index contributed by atoms with van der Waals surface area (Å²) in [6.07, 6.45) is 6.14. The van der Waals surface area contributed by atoms with Gasteiger partial charge >= 0.3 is 0 Å². The summed E-state index contributed by atoms with van der Waals surface area (Å²) < 4.78 is 2.47. The van der Waals surface area contributed by atoms with Crippen LogP contribution >= 0.6 is 0 Å². The third kappa shape index (κ3) is 1.90. The van der Waals surface area contributed by atoms with Gasteiger partial charge in [0.15, 0.2) is 0 Å². The fourth-order valence-corrected chi connectivity index (χ4v) is 4.44. The van der Waals surface area contributed by atoms with Gasteiger partial charge in [-0.05, 0) is 50.1 Å². The molecule has 3 nitrogen and oxygen atoms in total. The second-order valence-corrected chi connectivity index (χ2v) is 6.62. The van der Waals surface area contributed by atoms with E-state index in [0.29, 0.717) is 0 Å². The molecule has 0 spiro atoms. The van der Waals surface area contributed by atoms with Crippen LogP contribution in [-0.4, -0.2) is 24.2 Å². The zero-order valence-electron chi connectivity index (χ0n) is 12.9. The Morgan fingerprint density at radius 3 is 2.76 bits per heavy atom. The van der Waals surface area contributed by atoms with Crippen molar-refractivity contribution in [3.05, 3.63) is 29.3 Å². The SMILES string of the molecule is Cn1c2c(c3cccc(CCCCN)c31)C1CCN2CC1. The molecule has 21 heavy (non-hydrogen) atoms. The van der Waals surface area contributed by atoms with Crippen LogP contribution in [0.25, 0.3) is 10.9 Å². The topological polar surface area (TPSA) is 34.2 Å². The number of aromatic nitrogens is 1. The minimum Gasteiger partial charge on any atom is -0.358 e. The van der Waals surface area contributed by atoms with Crippen molar-refractivity contribution in [2.75, 3.05) is 24.5 Å². The molecule has 0 unspecified atom stereocenters. The zero-order chi connectivity index (χ0) is 14.4. The molecule has 3 aliphatic rings. The third-order valence-electron chi connectivity index (χ3n) is 5.41. The van der Waals surface area contributed by atoms with Crippen LogP contribution in [0.2, 0.25) is 0 Å². The molecule has 5 rings (SSSR count). The molecule has 3 aliphatic heterocycles. The molecule has 3 heteroatoms. The summed E-state index contributed by atoms with van der Waals surface area (Å²) in [4.78, 5) is 2.60. The smallest absolute Gasteiger partial charge is 0.112 e. The molecule has 0 aliphatic carbocycles. The average molecular weight is 283 g/mol. The van der Waals surface area contributed by atoms with Crippen molar-refractivity contribution in [1.82, 2.24) is 4.57 Å². The first-order chi connectivity index (χ1) is 10.3. The summed E-state index contributed by atoms with van der Waals surface area (Å²) in [5.41, 5.74) is 10.2. The summed E-state index contributed by atoms with van der Waals surface area (Å²) in [7, 11) is 2.26. The number of para-hydroxylation sites is 1. The standard InChI is InChI=1S/C18H25N3/c1-20-17-14(5-2-3-10-19)6-4-7-15(17)16-13-8-11-21(12-9-13)18(16)20/h4,6-7,13H,2-3,5,8-12,19H2,1H3. The van der Waals surface area contributed by atoms with Crippen LogP contribution in [0, 0.1) is 0 Å². The third-order valence-corrected chi connectivity index (χ3v) is 5.41. The van der Waals surface area contributed by atoms with Gasteiger partial charge in [0.1, 0.15) is 5.82 Å². The van der Waals surface area contributed by atoms with Crippen LogP contribution in [0.15, 0.2) is 18.2 Å². The highest BCUT2D eigenvalue weighted by Gasteiger charge is 2.35. The van der Waals surface area contributed by atoms with Gasteiger partial charge in [0.05, 0.1) is 5.52 Å². The molecular formula is C18H25N3. The fourth-order valence-electron chi connectivity index (χ4n) is 4.44. The number of nitrogens with zero attached hydrogens (tertiary/aromatic N) is 2. The number of hydrogen-bond acceptors (Lipinski definition) is 2. The molecule has 1 saturated heterocycles. The van der Waals surface area contributed by atoms with E-state index in [-0.39, 0.29) is 0 Å². The summed E-state index contributed by atoms with van der Waals surface area (Å²) in [5.74, 6) is 2.28. The number of unbranched alkanes of at least 4 members (excludes halogenated alkanes) is 1. The van der Waals surface area contributed by atoms with Crippen molar-refractivity contribution in [3.63, 3.8) is 0 Å². The van der Waals surface area contributed by atoms with Gasteiger partial charge in [0.25, 0.3) is 0 Å². The van der Waals surface area contributed by atoms with Gasteiger partial charge in [-0.3, -0.25) is 0 Å². The lowest BCUT2D eigenvalue weighted by Gasteiger charge is -2.41. The maximum atomic E-state index is 5.65. The van der Waals surface area contributed by atoms with Gasteiger partial charge in [-0.25, -0.2) is 0 Å². The van der Waals surface area contributed by atoms with Crippen LogP contribution in [-0.2, 0) is 13.5 Å². The Morgan fingerprint density at radius 2 is 2.00 bits per heavy atom. The van der Waals surface area contributed by atoms with Crippen LogP contribution in [0.1, 0.15) is 42.7 Å². The van der Waals surface area contributed by atoms with Gasteiger partial charge in [0, 0.05) is 31.1 Å². The largest absolute Gasteiger partial charge is 0.358 e. The zero-order valence-corrected chi connectivity index (χ0v) is 12.9. The van der Waals surface area contributed by atoms with Crippen LogP contribution in [0.5, 0.6) is 0 Å². The van der Waals surface area contributed by atoms with Crippen molar-refractivity contribution in [3.8, 4) is 0 Å². The number of rotatable bonds is 4. The van der Waals surface area contributed by atoms with Gasteiger partial charge in [0.2, 0.25) is 0 Å². The van der Waals surface area contributed by atoms with E-state index in [4.69, 9.17) is 5.73 Å². The first-order valence-corrected chi connectivity index (χ1v) is 8.36. The monoisotopic (exact) mass is 283 g/mol. The van der Waals surface area contributed by atoms with Gasteiger partial charge in [-0.15, -0.1) is 0 Å². The number of anilines is 1. The highest BCUT2D eigenvalue weighted by molar-refractivity contribution is 5.93. The van der Waals surface area contributed by atoms with E-state index in [9.17, 15) is 0 Å². The van der Waals surface area contributed by atoms with E-state index in [2.05, 4.69) is 34.7 Å². The average Bonchev–Trinajstić information content (AvgIpc) is 2.85. The number of piperidine rings is 1. The van der Waals surface area contributed by atoms with E-state index < -0.39 is 0 Å². The van der Waals surface area contributed by atoms with Crippen LogP contribution < -0.4 is 10.6 Å². The second-order valence-electron chi connectivity index (χ2n) is 6.62. The molecule has 1 aromatic heterocycles. The van der Waals surface area contributed by atoms with E-state index in [1.165, 1.54) is 54.6 Å². The lowest BCUT2D eigenvalue weighted by Crippen LogP contribution is -2.39.